The molecule has 0 aliphatic carbocycles. The molecule has 1 atom stereocenters. The third kappa shape index (κ3) is 2.99. The number of nitrogens with two attached hydrogens (primary N) is 1. The van der Waals surface area contributed by atoms with E-state index >= 15 is 0 Å². The Morgan fingerprint density at radius 3 is 2.47 bits per heavy atom. The number of hydrogen-bond acceptors (Lipinski definition) is 2. The third-order valence-electron chi connectivity index (χ3n) is 2.99. The lowest BCUT2D eigenvalue weighted by molar-refractivity contribution is 0.601. The molecule has 19 heavy (non-hydrogen) atoms. The summed E-state index contributed by atoms with van der Waals surface area (Å²) in [5.41, 5.74) is 6.67. The number of benzene rings is 1. The van der Waals surface area contributed by atoms with Crippen molar-refractivity contribution in [3.63, 3.8) is 0 Å². The molecule has 4 heteroatoms. The molecule has 1 aromatic heterocycles. The van der Waals surface area contributed by atoms with Crippen molar-refractivity contribution in [3.8, 4) is 0 Å². The van der Waals surface area contributed by atoms with E-state index < -0.39 is 11.9 Å². The number of hydrogen-bond donors (Lipinski definition) is 1. The minimum Gasteiger partial charge on any atom is -0.320 e. The van der Waals surface area contributed by atoms with Crippen LogP contribution in [0.15, 0.2) is 30.3 Å². The summed E-state index contributed by atoms with van der Waals surface area (Å²) in [6.45, 7) is 6.44. The van der Waals surface area contributed by atoms with Gasteiger partial charge in [-0.05, 0) is 23.6 Å². The summed E-state index contributed by atoms with van der Waals surface area (Å²) in [6.07, 6.45) is 0. The maximum atomic E-state index is 14.0. The second-order valence-electron chi connectivity index (χ2n) is 5.57. The smallest absolute Gasteiger partial charge is 0.146 e. The molecule has 0 fully saturated rings. The van der Waals surface area contributed by atoms with E-state index in [1.807, 2.05) is 6.07 Å². The van der Waals surface area contributed by atoms with Crippen molar-refractivity contribution in [3.05, 3.63) is 56.5 Å². The Bertz CT molecular complexity index is 586. The minimum absolute atomic E-state index is 0.0789. The molecule has 0 bridgehead atoms. The van der Waals surface area contributed by atoms with Crippen LogP contribution in [0.2, 0.25) is 5.02 Å². The van der Waals surface area contributed by atoms with Gasteiger partial charge in [0.1, 0.15) is 5.82 Å². The molecular formula is C15H17ClFNS. The van der Waals surface area contributed by atoms with Gasteiger partial charge in [-0.1, -0.05) is 44.5 Å². The highest BCUT2D eigenvalue weighted by Gasteiger charge is 2.21. The zero-order chi connectivity index (χ0) is 14.2. The van der Waals surface area contributed by atoms with Crippen LogP contribution in [0, 0.1) is 5.82 Å². The van der Waals surface area contributed by atoms with Gasteiger partial charge in [0.2, 0.25) is 0 Å². The van der Waals surface area contributed by atoms with Crippen molar-refractivity contribution in [2.24, 2.45) is 5.73 Å². The average molecular weight is 298 g/mol. The fourth-order valence-electron chi connectivity index (χ4n) is 1.84. The minimum atomic E-state index is -0.472. The van der Waals surface area contributed by atoms with Crippen LogP contribution in [0.1, 0.15) is 42.1 Å². The number of halogens is 2. The van der Waals surface area contributed by atoms with Gasteiger partial charge in [-0.3, -0.25) is 0 Å². The Balaban J connectivity index is 2.37. The fourth-order valence-corrected chi connectivity index (χ4v) is 3.11. The highest BCUT2D eigenvalue weighted by Crippen LogP contribution is 2.35. The van der Waals surface area contributed by atoms with Crippen LogP contribution in [0.4, 0.5) is 4.39 Å². The summed E-state index contributed by atoms with van der Waals surface area (Å²) >= 11 is 7.42. The standard InChI is InChI=1S/C15H17ClFNS/c1-15(2,3)12-8-7-11(19-12)14(18)9-5-4-6-10(16)13(9)17/h4-8,14H,18H2,1-3H3. The van der Waals surface area contributed by atoms with Crippen molar-refractivity contribution in [1.29, 1.82) is 0 Å². The first-order valence-corrected chi connectivity index (χ1v) is 7.30. The fraction of sp³-hybridized carbons (Fsp3) is 0.333. The summed E-state index contributed by atoms with van der Waals surface area (Å²) in [6, 6.07) is 8.49. The summed E-state index contributed by atoms with van der Waals surface area (Å²) in [5, 5.41) is 0.112. The summed E-state index contributed by atoms with van der Waals surface area (Å²) in [7, 11) is 0. The second-order valence-corrected chi connectivity index (χ2v) is 7.10. The maximum Gasteiger partial charge on any atom is 0.146 e. The van der Waals surface area contributed by atoms with E-state index in [1.165, 1.54) is 10.9 Å². The first-order valence-electron chi connectivity index (χ1n) is 6.10. The lowest BCUT2D eigenvalue weighted by Gasteiger charge is -2.16. The van der Waals surface area contributed by atoms with Gasteiger partial charge in [-0.2, -0.15) is 0 Å². The normalized spacial score (nSPS) is 13.6. The highest BCUT2D eigenvalue weighted by molar-refractivity contribution is 7.12. The zero-order valence-corrected chi connectivity index (χ0v) is 12.8. The largest absolute Gasteiger partial charge is 0.320 e. The Labute approximate surface area is 122 Å². The Kier molecular flexibility index (Phi) is 4.00. The molecule has 2 N–H and O–H groups in total. The number of rotatable bonds is 2. The van der Waals surface area contributed by atoms with Crippen LogP contribution in [-0.4, -0.2) is 0 Å². The number of thiophene rings is 1. The molecule has 0 aliphatic rings. The molecule has 1 heterocycles. The molecule has 0 saturated carbocycles. The first-order chi connectivity index (χ1) is 8.80. The molecule has 1 aromatic carbocycles. The van der Waals surface area contributed by atoms with Gasteiger partial charge in [0.05, 0.1) is 11.1 Å². The third-order valence-corrected chi connectivity index (χ3v) is 4.88. The molecule has 0 radical (unpaired) electrons. The van der Waals surface area contributed by atoms with Crippen molar-refractivity contribution in [2.45, 2.75) is 32.2 Å². The van der Waals surface area contributed by atoms with E-state index in [-0.39, 0.29) is 10.4 Å². The molecule has 1 unspecified atom stereocenters. The average Bonchev–Trinajstić information content (AvgIpc) is 2.81. The van der Waals surface area contributed by atoms with Gasteiger partial charge in [0, 0.05) is 15.3 Å². The molecule has 102 valence electrons. The van der Waals surface area contributed by atoms with Gasteiger partial charge in [0.25, 0.3) is 0 Å². The van der Waals surface area contributed by atoms with Crippen molar-refractivity contribution < 1.29 is 4.39 Å². The molecule has 0 spiro atoms. The predicted octanol–water partition coefficient (Wildman–Crippen LogP) is 4.89. The first kappa shape index (κ1) is 14.5. The van der Waals surface area contributed by atoms with E-state index in [0.717, 1.165) is 4.88 Å². The van der Waals surface area contributed by atoms with Crippen LogP contribution in [0.5, 0.6) is 0 Å². The van der Waals surface area contributed by atoms with Crippen molar-refractivity contribution in [2.75, 3.05) is 0 Å². The second kappa shape index (κ2) is 5.23. The molecule has 2 aromatic rings. The van der Waals surface area contributed by atoms with Gasteiger partial charge >= 0.3 is 0 Å². The Morgan fingerprint density at radius 2 is 1.89 bits per heavy atom. The van der Waals surface area contributed by atoms with Gasteiger partial charge < -0.3 is 5.73 Å². The molecule has 0 aliphatic heterocycles. The van der Waals surface area contributed by atoms with Crippen LogP contribution < -0.4 is 5.73 Å². The van der Waals surface area contributed by atoms with Crippen LogP contribution in [-0.2, 0) is 5.41 Å². The topological polar surface area (TPSA) is 26.0 Å². The maximum absolute atomic E-state index is 14.0. The lowest BCUT2D eigenvalue weighted by Crippen LogP contribution is -2.12. The molecule has 0 saturated heterocycles. The molecule has 0 amide bonds. The predicted molar refractivity (Wildman–Crippen MR) is 80.5 cm³/mol. The molecule has 2 rings (SSSR count). The quantitative estimate of drug-likeness (QED) is 0.839. The van der Waals surface area contributed by atoms with Crippen LogP contribution in [0.25, 0.3) is 0 Å². The highest BCUT2D eigenvalue weighted by atomic mass is 35.5. The summed E-state index contributed by atoms with van der Waals surface area (Å²) < 4.78 is 14.0. The van der Waals surface area contributed by atoms with Crippen molar-refractivity contribution >= 4 is 22.9 Å². The van der Waals surface area contributed by atoms with E-state index in [1.54, 1.807) is 23.5 Å². The zero-order valence-electron chi connectivity index (χ0n) is 11.2. The van der Waals surface area contributed by atoms with Crippen molar-refractivity contribution in [1.82, 2.24) is 0 Å². The van der Waals surface area contributed by atoms with E-state index in [2.05, 4.69) is 26.8 Å². The van der Waals surface area contributed by atoms with Gasteiger partial charge in [-0.15, -0.1) is 11.3 Å². The lowest BCUT2D eigenvalue weighted by atomic mass is 9.95. The van der Waals surface area contributed by atoms with E-state index in [4.69, 9.17) is 17.3 Å². The van der Waals surface area contributed by atoms with Gasteiger partial charge in [0.15, 0.2) is 0 Å². The monoisotopic (exact) mass is 297 g/mol. The summed E-state index contributed by atoms with van der Waals surface area (Å²) in [5.74, 6) is -0.428. The Hall–Kier alpha value is -0.900. The SMILES string of the molecule is CC(C)(C)c1ccc(C(N)c2cccc(Cl)c2F)s1. The van der Waals surface area contributed by atoms with E-state index in [9.17, 15) is 4.39 Å². The van der Waals surface area contributed by atoms with Crippen LogP contribution in [0.3, 0.4) is 0 Å². The summed E-state index contributed by atoms with van der Waals surface area (Å²) in [4.78, 5) is 2.19. The van der Waals surface area contributed by atoms with Gasteiger partial charge in [-0.25, -0.2) is 4.39 Å². The molecule has 1 nitrogen and oxygen atoms in total. The van der Waals surface area contributed by atoms with E-state index in [0.29, 0.717) is 5.56 Å². The molecular weight excluding hydrogens is 281 g/mol. The Morgan fingerprint density at radius 1 is 1.21 bits per heavy atom. The van der Waals surface area contributed by atoms with Crippen LogP contribution >= 0.6 is 22.9 Å².